The molecule has 1 amide bonds. The summed E-state index contributed by atoms with van der Waals surface area (Å²) in [4.78, 5) is 11.9. The fourth-order valence-electron chi connectivity index (χ4n) is 2.55. The number of amides is 1. The summed E-state index contributed by atoms with van der Waals surface area (Å²) in [6.07, 6.45) is 2.63. The molecular weight excluding hydrogens is 356 g/mol. The average molecular weight is 384 g/mol. The molecule has 1 aliphatic rings. The normalized spacial score (nSPS) is 14.1. The zero-order chi connectivity index (χ0) is 19.2. The van der Waals surface area contributed by atoms with E-state index in [-0.39, 0.29) is 16.3 Å². The SMILES string of the molecule is CC(C)(C)NC(=O)CCCCCNS(=O)(=O)c1ccc2c(c1)OCCO2. The Balaban J connectivity index is 1.73. The lowest BCUT2D eigenvalue weighted by Crippen LogP contribution is -2.40. The molecule has 0 saturated heterocycles. The molecule has 0 saturated carbocycles. The summed E-state index contributed by atoms with van der Waals surface area (Å²) in [6, 6.07) is 4.59. The highest BCUT2D eigenvalue weighted by Crippen LogP contribution is 2.32. The highest BCUT2D eigenvalue weighted by Gasteiger charge is 2.19. The first-order valence-electron chi connectivity index (χ1n) is 8.88. The third kappa shape index (κ3) is 6.49. The van der Waals surface area contributed by atoms with Crippen LogP contribution < -0.4 is 19.5 Å². The van der Waals surface area contributed by atoms with E-state index in [2.05, 4.69) is 10.0 Å². The van der Waals surface area contributed by atoms with E-state index < -0.39 is 10.0 Å². The molecule has 0 aromatic heterocycles. The lowest BCUT2D eigenvalue weighted by atomic mass is 10.1. The van der Waals surface area contributed by atoms with Crippen molar-refractivity contribution < 1.29 is 22.7 Å². The largest absolute Gasteiger partial charge is 0.486 e. The topological polar surface area (TPSA) is 93.7 Å². The summed E-state index contributed by atoms with van der Waals surface area (Å²) in [5.74, 6) is 1.03. The highest BCUT2D eigenvalue weighted by atomic mass is 32.2. The van der Waals surface area contributed by atoms with Crippen LogP contribution in [0.5, 0.6) is 11.5 Å². The Labute approximate surface area is 155 Å². The van der Waals surface area contributed by atoms with Crippen LogP contribution in [0.25, 0.3) is 0 Å². The Morgan fingerprint density at radius 2 is 1.77 bits per heavy atom. The number of ether oxygens (including phenoxy) is 2. The number of sulfonamides is 1. The third-order valence-electron chi connectivity index (χ3n) is 3.71. The van der Waals surface area contributed by atoms with Gasteiger partial charge in [-0.25, -0.2) is 13.1 Å². The van der Waals surface area contributed by atoms with E-state index in [0.717, 1.165) is 12.8 Å². The van der Waals surface area contributed by atoms with Gasteiger partial charge in [0.25, 0.3) is 0 Å². The number of hydrogen-bond donors (Lipinski definition) is 2. The second-order valence-electron chi connectivity index (χ2n) is 7.31. The molecule has 0 unspecified atom stereocenters. The van der Waals surface area contributed by atoms with E-state index in [0.29, 0.717) is 44.1 Å². The van der Waals surface area contributed by atoms with Gasteiger partial charge in [0, 0.05) is 24.6 Å². The quantitative estimate of drug-likeness (QED) is 0.670. The molecule has 1 aliphatic heterocycles. The van der Waals surface area contributed by atoms with Gasteiger partial charge in [-0.2, -0.15) is 0 Å². The van der Waals surface area contributed by atoms with Crippen molar-refractivity contribution in [3.63, 3.8) is 0 Å². The van der Waals surface area contributed by atoms with Gasteiger partial charge in [-0.3, -0.25) is 4.79 Å². The van der Waals surface area contributed by atoms with Gasteiger partial charge in [0.1, 0.15) is 13.2 Å². The minimum atomic E-state index is -3.59. The number of unbranched alkanes of at least 4 members (excludes halogenated alkanes) is 2. The first-order chi connectivity index (χ1) is 12.2. The molecule has 2 N–H and O–H groups in total. The summed E-state index contributed by atoms with van der Waals surface area (Å²) in [5.41, 5.74) is -0.226. The number of benzene rings is 1. The first-order valence-corrected chi connectivity index (χ1v) is 10.4. The molecule has 146 valence electrons. The molecule has 0 bridgehead atoms. The zero-order valence-electron chi connectivity index (χ0n) is 15.6. The molecule has 0 fully saturated rings. The van der Waals surface area contributed by atoms with Gasteiger partial charge in [-0.15, -0.1) is 0 Å². The van der Waals surface area contributed by atoms with Gasteiger partial charge in [0.2, 0.25) is 15.9 Å². The van der Waals surface area contributed by atoms with Crippen LogP contribution in [0.3, 0.4) is 0 Å². The van der Waals surface area contributed by atoms with Gasteiger partial charge >= 0.3 is 0 Å². The summed E-state index contributed by atoms with van der Waals surface area (Å²) < 4.78 is 38.1. The molecule has 1 heterocycles. The molecule has 2 rings (SSSR count). The predicted octanol–water partition coefficient (Wildman–Crippen LogP) is 2.21. The number of nitrogens with one attached hydrogen (secondary N) is 2. The molecule has 1 aromatic rings. The van der Waals surface area contributed by atoms with Crippen LogP contribution in [0.2, 0.25) is 0 Å². The molecular formula is C18H28N2O5S. The fraction of sp³-hybridized carbons (Fsp3) is 0.611. The van der Waals surface area contributed by atoms with E-state index in [1.54, 1.807) is 6.07 Å². The maximum atomic E-state index is 12.3. The summed E-state index contributed by atoms with van der Waals surface area (Å²) >= 11 is 0. The minimum Gasteiger partial charge on any atom is -0.486 e. The van der Waals surface area contributed by atoms with Crippen LogP contribution in [-0.2, 0) is 14.8 Å². The lowest BCUT2D eigenvalue weighted by Gasteiger charge is -2.20. The summed E-state index contributed by atoms with van der Waals surface area (Å²) in [5, 5.41) is 2.91. The van der Waals surface area contributed by atoms with E-state index in [1.165, 1.54) is 12.1 Å². The second kappa shape index (κ2) is 8.73. The zero-order valence-corrected chi connectivity index (χ0v) is 16.4. The van der Waals surface area contributed by atoms with Crippen LogP contribution in [0.4, 0.5) is 0 Å². The smallest absolute Gasteiger partial charge is 0.240 e. The highest BCUT2D eigenvalue weighted by molar-refractivity contribution is 7.89. The van der Waals surface area contributed by atoms with E-state index in [9.17, 15) is 13.2 Å². The number of carbonyl (C=O) groups excluding carboxylic acids is 1. The number of hydrogen-bond acceptors (Lipinski definition) is 5. The van der Waals surface area contributed by atoms with Crippen LogP contribution in [-0.4, -0.2) is 39.6 Å². The van der Waals surface area contributed by atoms with Crippen molar-refractivity contribution in [3.05, 3.63) is 18.2 Å². The van der Waals surface area contributed by atoms with Crippen molar-refractivity contribution >= 4 is 15.9 Å². The van der Waals surface area contributed by atoms with Gasteiger partial charge in [0.15, 0.2) is 11.5 Å². The van der Waals surface area contributed by atoms with Crippen molar-refractivity contribution in [2.24, 2.45) is 0 Å². The number of carbonyl (C=O) groups is 1. The molecule has 7 nitrogen and oxygen atoms in total. The van der Waals surface area contributed by atoms with E-state index >= 15 is 0 Å². The molecule has 0 radical (unpaired) electrons. The molecule has 0 spiro atoms. The lowest BCUT2D eigenvalue weighted by molar-refractivity contribution is -0.122. The minimum absolute atomic E-state index is 0.0226. The van der Waals surface area contributed by atoms with E-state index in [1.807, 2.05) is 20.8 Å². The van der Waals surface area contributed by atoms with Gasteiger partial charge < -0.3 is 14.8 Å². The number of rotatable bonds is 8. The van der Waals surface area contributed by atoms with Gasteiger partial charge in [-0.05, 0) is 45.7 Å². The maximum absolute atomic E-state index is 12.3. The molecule has 0 aliphatic carbocycles. The second-order valence-corrected chi connectivity index (χ2v) is 9.08. The van der Waals surface area contributed by atoms with Crippen molar-refractivity contribution in [1.29, 1.82) is 0 Å². The fourth-order valence-corrected chi connectivity index (χ4v) is 3.64. The monoisotopic (exact) mass is 384 g/mol. The van der Waals surface area contributed by atoms with Crippen LogP contribution in [0.1, 0.15) is 46.5 Å². The van der Waals surface area contributed by atoms with Gasteiger partial charge in [0.05, 0.1) is 4.90 Å². The Hall–Kier alpha value is -1.80. The standard InChI is InChI=1S/C18H28N2O5S/c1-18(2,3)20-17(21)7-5-4-6-10-19-26(22,23)14-8-9-15-16(13-14)25-12-11-24-15/h8-9,13,19H,4-7,10-12H2,1-3H3,(H,20,21). The summed E-state index contributed by atoms with van der Waals surface area (Å²) in [7, 11) is -3.59. The molecule has 26 heavy (non-hydrogen) atoms. The van der Waals surface area contributed by atoms with E-state index in [4.69, 9.17) is 9.47 Å². The third-order valence-corrected chi connectivity index (χ3v) is 5.17. The van der Waals surface area contributed by atoms with Crippen molar-refractivity contribution in [2.45, 2.75) is 56.9 Å². The molecule has 0 atom stereocenters. The summed E-state index contributed by atoms with van der Waals surface area (Å²) in [6.45, 7) is 7.03. The maximum Gasteiger partial charge on any atom is 0.240 e. The van der Waals surface area contributed by atoms with Crippen molar-refractivity contribution in [3.8, 4) is 11.5 Å². The first kappa shape index (κ1) is 20.5. The Morgan fingerprint density at radius 1 is 1.08 bits per heavy atom. The van der Waals surface area contributed by atoms with Crippen LogP contribution in [0, 0.1) is 0 Å². The van der Waals surface area contributed by atoms with Crippen molar-refractivity contribution in [2.75, 3.05) is 19.8 Å². The average Bonchev–Trinajstić information content (AvgIpc) is 2.56. The van der Waals surface area contributed by atoms with Gasteiger partial charge in [-0.1, -0.05) is 6.42 Å². The van der Waals surface area contributed by atoms with Crippen molar-refractivity contribution in [1.82, 2.24) is 10.0 Å². The Morgan fingerprint density at radius 3 is 2.46 bits per heavy atom. The predicted molar refractivity (Wildman–Crippen MR) is 99.0 cm³/mol. The Kier molecular flexibility index (Phi) is 6.88. The molecule has 8 heteroatoms. The number of fused-ring (bicyclic) bond motifs is 1. The van der Waals surface area contributed by atoms with Crippen LogP contribution >= 0.6 is 0 Å². The Bertz CT molecular complexity index is 726. The van der Waals surface area contributed by atoms with Crippen LogP contribution in [0.15, 0.2) is 23.1 Å². The molecule has 1 aromatic carbocycles.